The van der Waals surface area contributed by atoms with Gasteiger partial charge in [0.05, 0.1) is 16.8 Å². The topological polar surface area (TPSA) is 69.7 Å². The number of hydrogen-bond donors (Lipinski definition) is 1. The van der Waals surface area contributed by atoms with E-state index in [2.05, 4.69) is 10.3 Å². The minimum absolute atomic E-state index is 0.181. The molecule has 4 rings (SSSR count). The van der Waals surface area contributed by atoms with Crippen molar-refractivity contribution in [3.63, 3.8) is 0 Å². The Balaban J connectivity index is 1.56. The molecule has 6 nitrogen and oxygen atoms in total. The van der Waals surface area contributed by atoms with Crippen LogP contribution < -0.4 is 19.5 Å². The van der Waals surface area contributed by atoms with Crippen molar-refractivity contribution in [3.8, 4) is 17.2 Å². The van der Waals surface area contributed by atoms with Crippen LogP contribution in [0.3, 0.4) is 0 Å². The molecule has 1 N–H and O–H groups in total. The number of fused-ring (bicyclic) bond motifs is 2. The molecule has 1 amide bonds. The predicted molar refractivity (Wildman–Crippen MR) is 91.3 cm³/mol. The van der Waals surface area contributed by atoms with E-state index >= 15 is 0 Å². The summed E-state index contributed by atoms with van der Waals surface area (Å²) in [6.07, 6.45) is 0. The third-order valence-electron chi connectivity index (χ3n) is 3.53. The molecular formula is C17H14N2O4S. The minimum atomic E-state index is -0.239. The maximum atomic E-state index is 12.4. The first-order valence-corrected chi connectivity index (χ1v) is 8.29. The highest BCUT2D eigenvalue weighted by Gasteiger charge is 2.17. The van der Waals surface area contributed by atoms with Crippen molar-refractivity contribution in [1.82, 2.24) is 4.98 Å². The molecule has 2 heterocycles. The summed E-state index contributed by atoms with van der Waals surface area (Å²) in [6.45, 7) is 2.73. The molecule has 0 saturated carbocycles. The normalized spacial score (nSPS) is 12.4. The molecule has 0 saturated heterocycles. The van der Waals surface area contributed by atoms with Gasteiger partial charge < -0.3 is 14.2 Å². The van der Waals surface area contributed by atoms with E-state index in [9.17, 15) is 4.79 Å². The zero-order valence-electron chi connectivity index (χ0n) is 12.9. The van der Waals surface area contributed by atoms with E-state index < -0.39 is 0 Å². The summed E-state index contributed by atoms with van der Waals surface area (Å²) in [4.78, 5) is 16.8. The lowest BCUT2D eigenvalue weighted by Gasteiger charge is -2.02. The summed E-state index contributed by atoms with van der Waals surface area (Å²) in [5.41, 5.74) is 1.32. The van der Waals surface area contributed by atoms with Gasteiger partial charge in [-0.15, -0.1) is 0 Å². The van der Waals surface area contributed by atoms with Gasteiger partial charge in [-0.2, -0.15) is 0 Å². The average Bonchev–Trinajstić information content (AvgIpc) is 3.19. The van der Waals surface area contributed by atoms with Gasteiger partial charge in [0, 0.05) is 5.56 Å². The molecule has 0 radical (unpaired) electrons. The van der Waals surface area contributed by atoms with Crippen LogP contribution in [-0.2, 0) is 0 Å². The van der Waals surface area contributed by atoms with Gasteiger partial charge in [0.25, 0.3) is 5.91 Å². The Morgan fingerprint density at radius 1 is 1.25 bits per heavy atom. The lowest BCUT2D eigenvalue weighted by molar-refractivity contribution is 0.102. The van der Waals surface area contributed by atoms with Crippen molar-refractivity contribution in [1.29, 1.82) is 0 Å². The van der Waals surface area contributed by atoms with E-state index in [1.54, 1.807) is 18.2 Å². The molecule has 0 fully saturated rings. The lowest BCUT2D eigenvalue weighted by Crippen LogP contribution is -2.11. The standard InChI is InChI=1S/C17H14N2O4S/c1-2-21-11-4-5-12-15(8-11)24-17(18-12)19-16(20)10-3-6-13-14(7-10)23-9-22-13/h3-8H,2,9H2,1H3,(H,18,19,20). The number of benzene rings is 2. The van der Waals surface area contributed by atoms with Gasteiger partial charge in [0.1, 0.15) is 5.75 Å². The predicted octanol–water partition coefficient (Wildman–Crippen LogP) is 3.68. The summed E-state index contributed by atoms with van der Waals surface area (Å²) in [5, 5.41) is 3.36. The SMILES string of the molecule is CCOc1ccc2nc(NC(=O)c3ccc4c(c3)OCO4)sc2c1. The van der Waals surface area contributed by atoms with Crippen molar-refractivity contribution >= 4 is 32.6 Å². The highest BCUT2D eigenvalue weighted by molar-refractivity contribution is 7.22. The van der Waals surface area contributed by atoms with Gasteiger partial charge in [-0.25, -0.2) is 4.98 Å². The molecule has 1 aromatic heterocycles. The van der Waals surface area contributed by atoms with Crippen LogP contribution >= 0.6 is 11.3 Å². The number of rotatable bonds is 4. The van der Waals surface area contributed by atoms with Crippen LogP contribution in [0.25, 0.3) is 10.2 Å². The molecule has 0 spiro atoms. The second-order valence-corrected chi connectivity index (χ2v) is 6.13. The fourth-order valence-corrected chi connectivity index (χ4v) is 3.31. The van der Waals surface area contributed by atoms with Crippen LogP contribution in [0.2, 0.25) is 0 Å². The molecule has 0 unspecified atom stereocenters. The van der Waals surface area contributed by atoms with Crippen molar-refractivity contribution < 1.29 is 19.0 Å². The third kappa shape index (κ3) is 2.74. The second kappa shape index (κ2) is 6.01. The summed E-state index contributed by atoms with van der Waals surface area (Å²) >= 11 is 1.41. The number of thiazole rings is 1. The summed E-state index contributed by atoms with van der Waals surface area (Å²) in [7, 11) is 0. The Labute approximate surface area is 142 Å². The molecule has 122 valence electrons. The van der Waals surface area contributed by atoms with E-state index in [0.29, 0.717) is 28.8 Å². The first-order valence-electron chi connectivity index (χ1n) is 7.47. The third-order valence-corrected chi connectivity index (χ3v) is 4.46. The number of nitrogens with one attached hydrogen (secondary N) is 1. The Hall–Kier alpha value is -2.80. The minimum Gasteiger partial charge on any atom is -0.494 e. The molecule has 24 heavy (non-hydrogen) atoms. The quantitative estimate of drug-likeness (QED) is 0.783. The number of carbonyl (C=O) groups is 1. The molecular weight excluding hydrogens is 328 g/mol. The fraction of sp³-hybridized carbons (Fsp3) is 0.176. The molecule has 0 atom stereocenters. The van der Waals surface area contributed by atoms with Gasteiger partial charge in [-0.05, 0) is 43.3 Å². The highest BCUT2D eigenvalue weighted by atomic mass is 32.1. The van der Waals surface area contributed by atoms with E-state index in [4.69, 9.17) is 14.2 Å². The Bertz CT molecular complexity index is 922. The maximum absolute atomic E-state index is 12.4. The van der Waals surface area contributed by atoms with Crippen LogP contribution in [0, 0.1) is 0 Å². The Morgan fingerprint density at radius 2 is 2.12 bits per heavy atom. The van der Waals surface area contributed by atoms with Crippen LogP contribution in [-0.4, -0.2) is 24.3 Å². The van der Waals surface area contributed by atoms with E-state index in [0.717, 1.165) is 16.0 Å². The van der Waals surface area contributed by atoms with Crippen molar-refractivity contribution in [3.05, 3.63) is 42.0 Å². The monoisotopic (exact) mass is 342 g/mol. The summed E-state index contributed by atoms with van der Waals surface area (Å²) in [5.74, 6) is 1.78. The first-order chi connectivity index (χ1) is 11.7. The number of hydrogen-bond acceptors (Lipinski definition) is 6. The first kappa shape index (κ1) is 14.8. The van der Waals surface area contributed by atoms with Gasteiger partial charge in [-0.1, -0.05) is 11.3 Å². The number of aromatic nitrogens is 1. The number of carbonyl (C=O) groups excluding carboxylic acids is 1. The average molecular weight is 342 g/mol. The molecule has 7 heteroatoms. The number of amides is 1. The van der Waals surface area contributed by atoms with Gasteiger partial charge in [0.2, 0.25) is 6.79 Å². The van der Waals surface area contributed by atoms with Gasteiger partial charge in [0.15, 0.2) is 16.6 Å². The molecule has 3 aromatic rings. The number of anilines is 1. The summed E-state index contributed by atoms with van der Waals surface area (Å²) in [6, 6.07) is 10.8. The van der Waals surface area contributed by atoms with E-state index in [1.165, 1.54) is 11.3 Å². The molecule has 2 aromatic carbocycles. The van der Waals surface area contributed by atoms with Gasteiger partial charge >= 0.3 is 0 Å². The number of ether oxygens (including phenoxy) is 3. The van der Waals surface area contributed by atoms with Crippen LogP contribution in [0.15, 0.2) is 36.4 Å². The Morgan fingerprint density at radius 3 is 3.00 bits per heavy atom. The number of nitrogens with zero attached hydrogens (tertiary/aromatic N) is 1. The van der Waals surface area contributed by atoms with E-state index in [1.807, 2.05) is 25.1 Å². The second-order valence-electron chi connectivity index (χ2n) is 5.10. The highest BCUT2D eigenvalue weighted by Crippen LogP contribution is 2.33. The fourth-order valence-electron chi connectivity index (χ4n) is 2.42. The van der Waals surface area contributed by atoms with Crippen LogP contribution in [0.4, 0.5) is 5.13 Å². The summed E-state index contributed by atoms with van der Waals surface area (Å²) < 4.78 is 17.0. The van der Waals surface area contributed by atoms with Crippen LogP contribution in [0.5, 0.6) is 17.2 Å². The van der Waals surface area contributed by atoms with Gasteiger partial charge in [-0.3, -0.25) is 10.1 Å². The zero-order chi connectivity index (χ0) is 16.5. The maximum Gasteiger partial charge on any atom is 0.257 e. The van der Waals surface area contributed by atoms with Crippen molar-refractivity contribution in [2.24, 2.45) is 0 Å². The zero-order valence-corrected chi connectivity index (χ0v) is 13.7. The van der Waals surface area contributed by atoms with Crippen molar-refractivity contribution in [2.45, 2.75) is 6.92 Å². The lowest BCUT2D eigenvalue weighted by atomic mass is 10.2. The van der Waals surface area contributed by atoms with Crippen LogP contribution in [0.1, 0.15) is 17.3 Å². The van der Waals surface area contributed by atoms with E-state index in [-0.39, 0.29) is 12.7 Å². The Kier molecular flexibility index (Phi) is 3.70. The molecule has 0 aliphatic carbocycles. The molecule has 1 aliphatic rings. The largest absolute Gasteiger partial charge is 0.494 e. The van der Waals surface area contributed by atoms with Crippen molar-refractivity contribution in [2.75, 3.05) is 18.7 Å². The smallest absolute Gasteiger partial charge is 0.257 e. The molecule has 0 bridgehead atoms. The molecule has 1 aliphatic heterocycles.